The van der Waals surface area contributed by atoms with Crippen LogP contribution >= 0.6 is 0 Å². The summed E-state index contributed by atoms with van der Waals surface area (Å²) in [6.45, 7) is 7.47. The molecule has 0 aliphatic heterocycles. The van der Waals surface area contributed by atoms with Crippen LogP contribution < -0.4 is 5.32 Å². The van der Waals surface area contributed by atoms with Crippen molar-refractivity contribution in [1.29, 1.82) is 0 Å². The summed E-state index contributed by atoms with van der Waals surface area (Å²) >= 11 is 0. The quantitative estimate of drug-likeness (QED) is 0.785. The summed E-state index contributed by atoms with van der Waals surface area (Å²) in [5, 5.41) is 2.95. The smallest absolute Gasteiger partial charge is 0.308 e. The van der Waals surface area contributed by atoms with Gasteiger partial charge in [-0.15, -0.1) is 0 Å². The molecule has 2 unspecified atom stereocenters. The van der Waals surface area contributed by atoms with Crippen LogP contribution in [-0.2, 0) is 14.3 Å². The van der Waals surface area contributed by atoms with Crippen LogP contribution in [0.3, 0.4) is 0 Å². The highest BCUT2D eigenvalue weighted by Crippen LogP contribution is 2.18. The molecule has 0 aromatic heterocycles. The van der Waals surface area contributed by atoms with Crippen molar-refractivity contribution in [2.24, 2.45) is 5.92 Å². The van der Waals surface area contributed by atoms with E-state index in [1.54, 1.807) is 0 Å². The molecule has 4 heteroatoms. The van der Waals surface area contributed by atoms with Gasteiger partial charge in [-0.3, -0.25) is 9.59 Å². The molecule has 0 fully saturated rings. The number of carbonyl (C=O) groups excluding carboxylic acids is 2. The summed E-state index contributed by atoms with van der Waals surface area (Å²) in [4.78, 5) is 24.0. The fraction of sp³-hybridized carbons (Fsp3) is 0.529. The van der Waals surface area contributed by atoms with Crippen LogP contribution in [0.1, 0.15) is 52.1 Å². The Kier molecular flexibility index (Phi) is 6.92. The van der Waals surface area contributed by atoms with Gasteiger partial charge >= 0.3 is 5.97 Å². The van der Waals surface area contributed by atoms with Crippen LogP contribution in [0.2, 0.25) is 0 Å². The molecule has 1 rings (SSSR count). The maximum Gasteiger partial charge on any atom is 0.308 e. The molecule has 4 nitrogen and oxygen atoms in total. The van der Waals surface area contributed by atoms with Crippen LogP contribution in [0.5, 0.6) is 0 Å². The predicted molar refractivity (Wildman–Crippen MR) is 82.6 cm³/mol. The molecule has 0 saturated carbocycles. The number of esters is 1. The minimum absolute atomic E-state index is 0.0382. The number of hydrogen-bond acceptors (Lipinski definition) is 3. The molecule has 0 heterocycles. The van der Waals surface area contributed by atoms with Gasteiger partial charge in [0.05, 0.1) is 18.6 Å². The van der Waals surface area contributed by atoms with Crippen molar-refractivity contribution in [3.05, 3.63) is 35.9 Å². The van der Waals surface area contributed by atoms with Gasteiger partial charge in [0.25, 0.3) is 0 Å². The van der Waals surface area contributed by atoms with E-state index >= 15 is 0 Å². The van der Waals surface area contributed by atoms with Crippen LogP contribution in [-0.4, -0.2) is 18.0 Å². The minimum atomic E-state index is -0.348. The maximum absolute atomic E-state index is 12.1. The average Bonchev–Trinajstić information content (AvgIpc) is 2.45. The Morgan fingerprint density at radius 1 is 1.14 bits per heavy atom. The topological polar surface area (TPSA) is 55.4 Å². The van der Waals surface area contributed by atoms with Crippen LogP contribution in [0.25, 0.3) is 0 Å². The first-order valence-corrected chi connectivity index (χ1v) is 7.48. The van der Waals surface area contributed by atoms with E-state index in [1.165, 1.54) is 0 Å². The molecule has 116 valence electrons. The molecule has 2 atom stereocenters. The molecule has 1 aromatic rings. The maximum atomic E-state index is 12.1. The molecular formula is C17H25NO3. The van der Waals surface area contributed by atoms with Gasteiger partial charge < -0.3 is 10.1 Å². The van der Waals surface area contributed by atoms with Gasteiger partial charge in [0.2, 0.25) is 5.91 Å². The normalized spacial score (nSPS) is 13.6. The van der Waals surface area contributed by atoms with Crippen molar-refractivity contribution in [2.75, 3.05) is 0 Å². The Hall–Kier alpha value is -1.84. The summed E-state index contributed by atoms with van der Waals surface area (Å²) in [5.74, 6) is -0.413. The van der Waals surface area contributed by atoms with Crippen LogP contribution in [0, 0.1) is 5.92 Å². The first-order valence-electron chi connectivity index (χ1n) is 7.48. The van der Waals surface area contributed by atoms with E-state index in [4.69, 9.17) is 4.74 Å². The number of hydrogen-bond donors (Lipinski definition) is 1. The minimum Gasteiger partial charge on any atom is -0.463 e. The molecule has 0 saturated heterocycles. The van der Waals surface area contributed by atoms with Crippen molar-refractivity contribution in [3.8, 4) is 0 Å². The molecule has 1 aromatic carbocycles. The largest absolute Gasteiger partial charge is 0.463 e. The van der Waals surface area contributed by atoms with Crippen molar-refractivity contribution in [3.63, 3.8) is 0 Å². The van der Waals surface area contributed by atoms with E-state index in [-0.39, 0.29) is 36.4 Å². The predicted octanol–water partition coefficient (Wildman–Crippen LogP) is 3.23. The summed E-state index contributed by atoms with van der Waals surface area (Å²) in [6.07, 6.45) is 0.757. The van der Waals surface area contributed by atoms with Gasteiger partial charge in [0, 0.05) is 5.92 Å². The van der Waals surface area contributed by atoms with Crippen molar-refractivity contribution >= 4 is 11.9 Å². The lowest BCUT2D eigenvalue weighted by Crippen LogP contribution is -2.34. The highest BCUT2D eigenvalue weighted by atomic mass is 16.5. The number of nitrogens with one attached hydrogen (secondary N) is 1. The van der Waals surface area contributed by atoms with Crippen molar-refractivity contribution in [1.82, 2.24) is 5.32 Å². The highest BCUT2D eigenvalue weighted by molar-refractivity contribution is 5.80. The van der Waals surface area contributed by atoms with E-state index < -0.39 is 0 Å². The van der Waals surface area contributed by atoms with E-state index in [2.05, 4.69) is 5.32 Å². The summed E-state index contributed by atoms with van der Waals surface area (Å²) < 4.78 is 5.18. The number of benzene rings is 1. The third-order valence-electron chi connectivity index (χ3n) is 3.32. The molecule has 21 heavy (non-hydrogen) atoms. The first-order chi connectivity index (χ1) is 9.93. The first kappa shape index (κ1) is 17.2. The molecule has 0 aliphatic rings. The Bertz CT molecular complexity index is 456. The molecule has 0 aliphatic carbocycles. The Balaban J connectivity index is 2.80. The standard InChI is InChI=1S/C17H25NO3/c1-5-13(4)17(20)18-15(11-16(19)21-12(2)3)14-9-7-6-8-10-14/h6-10,12-13,15H,5,11H2,1-4H3,(H,18,20). The second-order valence-corrected chi connectivity index (χ2v) is 5.52. The highest BCUT2D eigenvalue weighted by Gasteiger charge is 2.21. The number of ether oxygens (including phenoxy) is 1. The van der Waals surface area contributed by atoms with Gasteiger partial charge in [0.15, 0.2) is 0 Å². The molecule has 0 spiro atoms. The zero-order chi connectivity index (χ0) is 15.8. The molecular weight excluding hydrogens is 266 g/mol. The summed E-state index contributed by atoms with van der Waals surface area (Å²) in [5.41, 5.74) is 0.912. The molecule has 0 bridgehead atoms. The van der Waals surface area contributed by atoms with Gasteiger partial charge in [-0.1, -0.05) is 44.2 Å². The van der Waals surface area contributed by atoms with Crippen molar-refractivity contribution < 1.29 is 14.3 Å². The molecule has 1 N–H and O–H groups in total. The Morgan fingerprint density at radius 2 is 1.76 bits per heavy atom. The lowest BCUT2D eigenvalue weighted by Gasteiger charge is -2.21. The fourth-order valence-electron chi connectivity index (χ4n) is 1.91. The van der Waals surface area contributed by atoms with Gasteiger partial charge in [-0.05, 0) is 25.8 Å². The van der Waals surface area contributed by atoms with Gasteiger partial charge in [0.1, 0.15) is 0 Å². The lowest BCUT2D eigenvalue weighted by atomic mass is 10.0. The summed E-state index contributed by atoms with van der Waals surface area (Å²) in [7, 11) is 0. The van der Waals surface area contributed by atoms with Gasteiger partial charge in [-0.25, -0.2) is 0 Å². The van der Waals surface area contributed by atoms with Gasteiger partial charge in [-0.2, -0.15) is 0 Å². The van der Waals surface area contributed by atoms with Crippen LogP contribution in [0.4, 0.5) is 0 Å². The van der Waals surface area contributed by atoms with E-state index in [0.717, 1.165) is 12.0 Å². The molecule has 0 radical (unpaired) electrons. The lowest BCUT2D eigenvalue weighted by molar-refractivity contribution is -0.148. The fourth-order valence-corrected chi connectivity index (χ4v) is 1.91. The number of carbonyl (C=O) groups is 2. The molecule has 1 amide bonds. The SMILES string of the molecule is CCC(C)C(=O)NC(CC(=O)OC(C)C)c1ccccc1. The van der Waals surface area contributed by atoms with Crippen molar-refractivity contribution in [2.45, 2.75) is 52.7 Å². The third-order valence-corrected chi connectivity index (χ3v) is 3.32. The zero-order valence-electron chi connectivity index (χ0n) is 13.3. The number of rotatable bonds is 7. The zero-order valence-corrected chi connectivity index (χ0v) is 13.3. The van der Waals surface area contributed by atoms with E-state index in [0.29, 0.717) is 0 Å². The summed E-state index contributed by atoms with van der Waals surface area (Å²) in [6, 6.07) is 9.16. The third kappa shape index (κ3) is 5.98. The van der Waals surface area contributed by atoms with E-state index in [9.17, 15) is 9.59 Å². The van der Waals surface area contributed by atoms with Crippen LogP contribution in [0.15, 0.2) is 30.3 Å². The monoisotopic (exact) mass is 291 g/mol. The van der Waals surface area contributed by atoms with E-state index in [1.807, 2.05) is 58.0 Å². The Morgan fingerprint density at radius 3 is 2.29 bits per heavy atom. The number of amides is 1. The second-order valence-electron chi connectivity index (χ2n) is 5.52. The second kappa shape index (κ2) is 8.45. The Labute approximate surface area is 126 Å². The average molecular weight is 291 g/mol.